The van der Waals surface area contributed by atoms with Gasteiger partial charge >= 0.3 is 0 Å². The van der Waals surface area contributed by atoms with Crippen LogP contribution in [0.4, 0.5) is 0 Å². The van der Waals surface area contributed by atoms with Crippen LogP contribution in [-0.2, 0) is 14.3 Å². The third-order valence-electron chi connectivity index (χ3n) is 1.98. The fourth-order valence-corrected chi connectivity index (χ4v) is 1.26. The Morgan fingerprint density at radius 3 is 2.42 bits per heavy atom. The van der Waals surface area contributed by atoms with Gasteiger partial charge in [-0.3, -0.25) is 4.79 Å². The number of carbonyl (C=O) groups excluding carboxylic acids is 1. The highest BCUT2D eigenvalue weighted by molar-refractivity contribution is 5.76. The number of carbonyl (C=O) groups is 1. The largest absolute Gasteiger partial charge is 0.378 e. The molecule has 0 spiro atoms. The van der Waals surface area contributed by atoms with Gasteiger partial charge in [0.1, 0.15) is 6.61 Å². The van der Waals surface area contributed by atoms with Crippen molar-refractivity contribution in [3.8, 4) is 0 Å². The Morgan fingerprint density at radius 2 is 1.92 bits per heavy atom. The molecule has 1 aliphatic carbocycles. The summed E-state index contributed by atoms with van der Waals surface area (Å²) in [5.41, 5.74) is 0. The van der Waals surface area contributed by atoms with Crippen molar-refractivity contribution in [3.05, 3.63) is 0 Å². The second-order valence-corrected chi connectivity index (χ2v) is 3.18. The van der Waals surface area contributed by atoms with Crippen molar-refractivity contribution in [2.24, 2.45) is 0 Å². The summed E-state index contributed by atoms with van der Waals surface area (Å²) in [6.45, 7) is 4.55. The number of ether oxygens (including phenoxy) is 2. The SMILES string of the molecule is CCOC1CC(OCC(C)=O)C1. The maximum absolute atomic E-state index is 10.5. The lowest BCUT2D eigenvalue weighted by Crippen LogP contribution is -2.38. The zero-order valence-electron chi connectivity index (χ0n) is 7.71. The summed E-state index contributed by atoms with van der Waals surface area (Å²) in [7, 11) is 0. The van der Waals surface area contributed by atoms with E-state index in [2.05, 4.69) is 0 Å². The summed E-state index contributed by atoms with van der Waals surface area (Å²) >= 11 is 0. The Kier molecular flexibility index (Phi) is 3.69. The molecular weight excluding hydrogens is 156 g/mol. The minimum Gasteiger partial charge on any atom is -0.378 e. The van der Waals surface area contributed by atoms with Gasteiger partial charge in [-0.15, -0.1) is 0 Å². The first-order valence-electron chi connectivity index (χ1n) is 4.45. The zero-order chi connectivity index (χ0) is 8.97. The average Bonchev–Trinajstić information content (AvgIpc) is 1.93. The van der Waals surface area contributed by atoms with E-state index in [0.29, 0.717) is 6.10 Å². The maximum atomic E-state index is 10.5. The molecule has 12 heavy (non-hydrogen) atoms. The molecule has 0 aromatic heterocycles. The minimum atomic E-state index is 0.0925. The van der Waals surface area contributed by atoms with E-state index in [9.17, 15) is 4.79 Å². The normalized spacial score (nSPS) is 28.2. The molecule has 1 saturated carbocycles. The lowest BCUT2D eigenvalue weighted by atomic mass is 9.92. The van der Waals surface area contributed by atoms with E-state index >= 15 is 0 Å². The van der Waals surface area contributed by atoms with Gasteiger partial charge in [0.2, 0.25) is 0 Å². The molecule has 1 fully saturated rings. The third-order valence-corrected chi connectivity index (χ3v) is 1.98. The van der Waals surface area contributed by atoms with Crippen molar-refractivity contribution in [1.29, 1.82) is 0 Å². The van der Waals surface area contributed by atoms with Crippen LogP contribution in [0.3, 0.4) is 0 Å². The molecule has 3 nitrogen and oxygen atoms in total. The summed E-state index contributed by atoms with van der Waals surface area (Å²) in [4.78, 5) is 10.5. The molecular formula is C9H16O3. The summed E-state index contributed by atoms with van der Waals surface area (Å²) in [6.07, 6.45) is 2.51. The van der Waals surface area contributed by atoms with Crippen LogP contribution in [0.2, 0.25) is 0 Å². The van der Waals surface area contributed by atoms with Crippen LogP contribution in [-0.4, -0.2) is 31.2 Å². The van der Waals surface area contributed by atoms with Crippen LogP contribution >= 0.6 is 0 Å². The molecule has 0 heterocycles. The molecule has 0 aromatic rings. The van der Waals surface area contributed by atoms with Gasteiger partial charge in [0.05, 0.1) is 12.2 Å². The molecule has 0 aliphatic heterocycles. The van der Waals surface area contributed by atoms with Crippen LogP contribution in [0.5, 0.6) is 0 Å². The molecule has 0 aromatic carbocycles. The van der Waals surface area contributed by atoms with Crippen LogP contribution in [0.25, 0.3) is 0 Å². The van der Waals surface area contributed by atoms with E-state index in [1.165, 1.54) is 0 Å². The summed E-state index contributed by atoms with van der Waals surface area (Å²) < 4.78 is 10.6. The zero-order valence-corrected chi connectivity index (χ0v) is 7.71. The van der Waals surface area contributed by atoms with E-state index in [0.717, 1.165) is 19.4 Å². The van der Waals surface area contributed by atoms with Gasteiger partial charge in [-0.1, -0.05) is 0 Å². The van der Waals surface area contributed by atoms with Gasteiger partial charge < -0.3 is 9.47 Å². The van der Waals surface area contributed by atoms with E-state index in [1.54, 1.807) is 6.92 Å². The van der Waals surface area contributed by atoms with Gasteiger partial charge in [0.25, 0.3) is 0 Å². The maximum Gasteiger partial charge on any atom is 0.155 e. The fraction of sp³-hybridized carbons (Fsp3) is 0.889. The third kappa shape index (κ3) is 2.91. The van der Waals surface area contributed by atoms with E-state index < -0.39 is 0 Å². The molecule has 3 heteroatoms. The molecule has 0 amide bonds. The van der Waals surface area contributed by atoms with Gasteiger partial charge in [-0.05, 0) is 26.7 Å². The highest BCUT2D eigenvalue weighted by Crippen LogP contribution is 2.25. The predicted molar refractivity (Wildman–Crippen MR) is 45.1 cm³/mol. The van der Waals surface area contributed by atoms with Crippen molar-refractivity contribution in [1.82, 2.24) is 0 Å². The molecule has 1 aliphatic rings. The van der Waals surface area contributed by atoms with Gasteiger partial charge in [0, 0.05) is 6.61 Å². The molecule has 0 N–H and O–H groups in total. The average molecular weight is 172 g/mol. The van der Waals surface area contributed by atoms with Crippen LogP contribution in [0.15, 0.2) is 0 Å². The molecule has 0 saturated heterocycles. The molecule has 70 valence electrons. The van der Waals surface area contributed by atoms with E-state index in [-0.39, 0.29) is 18.5 Å². The fourth-order valence-electron chi connectivity index (χ4n) is 1.26. The summed E-state index contributed by atoms with van der Waals surface area (Å²) in [5, 5.41) is 0. The van der Waals surface area contributed by atoms with Crippen molar-refractivity contribution in [2.75, 3.05) is 13.2 Å². The van der Waals surface area contributed by atoms with Crippen LogP contribution in [0.1, 0.15) is 26.7 Å². The number of hydrogen-bond donors (Lipinski definition) is 0. The quantitative estimate of drug-likeness (QED) is 0.624. The number of hydrogen-bond acceptors (Lipinski definition) is 3. The standard InChI is InChI=1S/C9H16O3/c1-3-11-8-4-9(5-8)12-6-7(2)10/h8-9H,3-6H2,1-2H3. The Hall–Kier alpha value is -0.410. The lowest BCUT2D eigenvalue weighted by Gasteiger charge is -2.34. The van der Waals surface area contributed by atoms with Crippen LogP contribution < -0.4 is 0 Å². The van der Waals surface area contributed by atoms with E-state index in [1.807, 2.05) is 6.92 Å². The van der Waals surface area contributed by atoms with Crippen LogP contribution in [0, 0.1) is 0 Å². The van der Waals surface area contributed by atoms with Gasteiger partial charge in [-0.25, -0.2) is 0 Å². The van der Waals surface area contributed by atoms with Crippen molar-refractivity contribution in [3.63, 3.8) is 0 Å². The first-order valence-corrected chi connectivity index (χ1v) is 4.45. The van der Waals surface area contributed by atoms with Gasteiger partial charge in [-0.2, -0.15) is 0 Å². The first kappa shape index (κ1) is 9.68. The molecule has 0 radical (unpaired) electrons. The molecule has 0 atom stereocenters. The van der Waals surface area contributed by atoms with Crippen molar-refractivity contribution >= 4 is 5.78 Å². The second kappa shape index (κ2) is 4.58. The summed E-state index contributed by atoms with van der Waals surface area (Å²) in [5.74, 6) is 0.0925. The lowest BCUT2D eigenvalue weighted by molar-refractivity contribution is -0.133. The second-order valence-electron chi connectivity index (χ2n) is 3.18. The monoisotopic (exact) mass is 172 g/mol. The topological polar surface area (TPSA) is 35.5 Å². The first-order chi connectivity index (χ1) is 5.72. The Labute approximate surface area is 73.0 Å². The van der Waals surface area contributed by atoms with E-state index in [4.69, 9.17) is 9.47 Å². The molecule has 0 unspecified atom stereocenters. The summed E-state index contributed by atoms with van der Waals surface area (Å²) in [6, 6.07) is 0. The van der Waals surface area contributed by atoms with Crippen molar-refractivity contribution in [2.45, 2.75) is 38.9 Å². The smallest absolute Gasteiger partial charge is 0.155 e. The number of Topliss-reactive ketones (excluding diaryl/α,β-unsaturated/α-hetero) is 1. The Morgan fingerprint density at radius 1 is 1.33 bits per heavy atom. The van der Waals surface area contributed by atoms with Crippen molar-refractivity contribution < 1.29 is 14.3 Å². The highest BCUT2D eigenvalue weighted by atomic mass is 16.5. The Balaban J connectivity index is 1.98. The number of rotatable bonds is 5. The molecule has 1 rings (SSSR count). The predicted octanol–water partition coefficient (Wildman–Crippen LogP) is 1.16. The molecule has 0 bridgehead atoms. The van der Waals surface area contributed by atoms with Gasteiger partial charge in [0.15, 0.2) is 5.78 Å². The highest BCUT2D eigenvalue weighted by Gasteiger charge is 2.30. The minimum absolute atomic E-state index is 0.0925. The Bertz CT molecular complexity index is 150. The number of ketones is 1.